The molecule has 0 spiro atoms. The summed E-state index contributed by atoms with van der Waals surface area (Å²) in [5, 5.41) is 1.72. The Kier molecular flexibility index (Phi) is 4.54. The molecule has 2 N–H and O–H groups in total. The highest BCUT2D eigenvalue weighted by Crippen LogP contribution is 2.31. The number of anilines is 1. The second-order valence-electron chi connectivity index (χ2n) is 6.26. The maximum absolute atomic E-state index is 6.02. The molecule has 1 aromatic heterocycles. The number of hydrogen-bond donors (Lipinski definition) is 1. The van der Waals surface area contributed by atoms with Gasteiger partial charge in [-0.2, -0.15) is 0 Å². The van der Waals surface area contributed by atoms with E-state index in [1.165, 1.54) is 4.90 Å². The second-order valence-corrected chi connectivity index (χ2v) is 7.91. The van der Waals surface area contributed by atoms with Crippen LogP contribution in [0, 0.1) is 6.92 Å². The topological polar surface area (TPSA) is 55.0 Å². The lowest BCUT2D eigenvalue weighted by Crippen LogP contribution is -2.40. The van der Waals surface area contributed by atoms with Crippen molar-refractivity contribution in [3.63, 3.8) is 0 Å². The summed E-state index contributed by atoms with van der Waals surface area (Å²) < 4.78 is 0. The van der Waals surface area contributed by atoms with E-state index < -0.39 is 0 Å². The van der Waals surface area contributed by atoms with Gasteiger partial charge in [0, 0.05) is 34.7 Å². The Morgan fingerprint density at radius 1 is 1.23 bits per heavy atom. The number of thioether (sulfide) groups is 1. The quantitative estimate of drug-likeness (QED) is 0.880. The summed E-state index contributed by atoms with van der Waals surface area (Å²) in [6, 6.07) is 6.88. The van der Waals surface area contributed by atoms with Gasteiger partial charge < -0.3 is 10.6 Å². The van der Waals surface area contributed by atoms with Gasteiger partial charge in [-0.15, -0.1) is 11.8 Å². The molecule has 0 aliphatic carbocycles. The number of fused-ring (bicyclic) bond motifs is 1. The van der Waals surface area contributed by atoms with Crippen LogP contribution in [0.2, 0.25) is 0 Å². The van der Waals surface area contributed by atoms with Crippen molar-refractivity contribution in [2.45, 2.75) is 49.8 Å². The molecule has 1 saturated heterocycles. The molecule has 0 radical (unpaired) electrons. The molecular weight excluding hydrogens is 292 g/mol. The predicted molar refractivity (Wildman–Crippen MR) is 94.7 cm³/mol. The van der Waals surface area contributed by atoms with Gasteiger partial charge in [-0.25, -0.2) is 9.97 Å². The summed E-state index contributed by atoms with van der Waals surface area (Å²) >= 11 is 1.87. The third-order valence-electron chi connectivity index (χ3n) is 3.97. The average molecular weight is 316 g/mol. The van der Waals surface area contributed by atoms with E-state index in [2.05, 4.69) is 41.9 Å². The van der Waals surface area contributed by atoms with Crippen molar-refractivity contribution in [1.29, 1.82) is 0 Å². The maximum atomic E-state index is 6.02. The zero-order valence-corrected chi connectivity index (χ0v) is 14.4. The van der Waals surface area contributed by atoms with Gasteiger partial charge in [0.1, 0.15) is 11.6 Å². The molecule has 22 heavy (non-hydrogen) atoms. The lowest BCUT2D eigenvalue weighted by molar-refractivity contribution is 0.499. The monoisotopic (exact) mass is 316 g/mol. The Labute approximate surface area is 136 Å². The largest absolute Gasteiger partial charge is 0.356 e. The Hall–Kier alpha value is -1.33. The van der Waals surface area contributed by atoms with Gasteiger partial charge in [-0.1, -0.05) is 13.8 Å². The minimum atomic E-state index is 0.333. The fourth-order valence-electron chi connectivity index (χ4n) is 2.90. The SMILES string of the molecule is Cc1nc(N2CCC(N)CC2)c2ccc(SC(C)C)cc2n1. The average Bonchev–Trinajstić information content (AvgIpc) is 2.46. The smallest absolute Gasteiger partial charge is 0.140 e. The van der Waals surface area contributed by atoms with Crippen LogP contribution in [0.1, 0.15) is 32.5 Å². The number of aryl methyl sites for hydroxylation is 1. The molecule has 1 aliphatic rings. The normalized spacial score (nSPS) is 16.7. The predicted octanol–water partition coefficient (Wildman–Crippen LogP) is 3.37. The number of piperidine rings is 1. The van der Waals surface area contributed by atoms with Crippen molar-refractivity contribution in [2.24, 2.45) is 5.73 Å². The number of benzene rings is 1. The van der Waals surface area contributed by atoms with E-state index in [9.17, 15) is 0 Å². The van der Waals surface area contributed by atoms with E-state index >= 15 is 0 Å². The molecule has 2 aromatic rings. The molecule has 1 aromatic carbocycles. The molecule has 0 saturated carbocycles. The van der Waals surface area contributed by atoms with E-state index in [0.29, 0.717) is 11.3 Å². The molecule has 118 valence electrons. The van der Waals surface area contributed by atoms with Crippen LogP contribution in [0.3, 0.4) is 0 Å². The van der Waals surface area contributed by atoms with Crippen LogP contribution in [0.4, 0.5) is 5.82 Å². The summed E-state index contributed by atoms with van der Waals surface area (Å²) in [5.74, 6) is 1.90. The Morgan fingerprint density at radius 3 is 2.64 bits per heavy atom. The number of nitrogens with zero attached hydrogens (tertiary/aromatic N) is 3. The van der Waals surface area contributed by atoms with Crippen LogP contribution >= 0.6 is 11.8 Å². The first-order chi connectivity index (χ1) is 10.5. The second kappa shape index (κ2) is 6.42. The van der Waals surface area contributed by atoms with Gasteiger partial charge in [0.05, 0.1) is 5.52 Å². The first-order valence-corrected chi connectivity index (χ1v) is 8.86. The number of nitrogens with two attached hydrogens (primary N) is 1. The first-order valence-electron chi connectivity index (χ1n) is 7.98. The Bertz CT molecular complexity index is 663. The Morgan fingerprint density at radius 2 is 1.95 bits per heavy atom. The van der Waals surface area contributed by atoms with Crippen LogP contribution in [0.15, 0.2) is 23.1 Å². The van der Waals surface area contributed by atoms with Crippen molar-refractivity contribution in [1.82, 2.24) is 9.97 Å². The molecule has 1 fully saturated rings. The van der Waals surface area contributed by atoms with E-state index in [1.807, 2.05) is 18.7 Å². The molecule has 4 nitrogen and oxygen atoms in total. The minimum Gasteiger partial charge on any atom is -0.356 e. The van der Waals surface area contributed by atoms with Gasteiger partial charge in [0.2, 0.25) is 0 Å². The minimum absolute atomic E-state index is 0.333. The van der Waals surface area contributed by atoms with Crippen LogP contribution in [-0.4, -0.2) is 34.3 Å². The summed E-state index contributed by atoms with van der Waals surface area (Å²) in [5.41, 5.74) is 7.07. The standard InChI is InChI=1S/C17H24N4S/c1-11(2)22-14-4-5-15-16(10-14)19-12(3)20-17(15)21-8-6-13(18)7-9-21/h4-5,10-11,13H,6-9,18H2,1-3H3. The molecule has 5 heteroatoms. The third kappa shape index (κ3) is 3.36. The molecule has 1 aliphatic heterocycles. The highest BCUT2D eigenvalue weighted by Gasteiger charge is 2.20. The highest BCUT2D eigenvalue weighted by molar-refractivity contribution is 7.99. The molecule has 0 unspecified atom stereocenters. The lowest BCUT2D eigenvalue weighted by atomic mass is 10.1. The summed E-state index contributed by atoms with van der Waals surface area (Å²) in [6.45, 7) is 8.36. The molecular formula is C17H24N4S. The van der Waals surface area contributed by atoms with E-state index in [0.717, 1.165) is 48.5 Å². The van der Waals surface area contributed by atoms with Crippen molar-refractivity contribution in [3.8, 4) is 0 Å². The van der Waals surface area contributed by atoms with Crippen molar-refractivity contribution >= 4 is 28.5 Å². The van der Waals surface area contributed by atoms with Crippen molar-refractivity contribution in [2.75, 3.05) is 18.0 Å². The first kappa shape index (κ1) is 15.6. The van der Waals surface area contributed by atoms with Crippen LogP contribution in [0.25, 0.3) is 10.9 Å². The van der Waals surface area contributed by atoms with Crippen LogP contribution < -0.4 is 10.6 Å². The fraction of sp³-hybridized carbons (Fsp3) is 0.529. The lowest BCUT2D eigenvalue weighted by Gasteiger charge is -2.31. The number of rotatable bonds is 3. The highest BCUT2D eigenvalue weighted by atomic mass is 32.2. The van der Waals surface area contributed by atoms with Crippen LogP contribution in [0.5, 0.6) is 0 Å². The van der Waals surface area contributed by atoms with E-state index in [-0.39, 0.29) is 0 Å². The zero-order valence-electron chi connectivity index (χ0n) is 13.5. The maximum Gasteiger partial charge on any atom is 0.140 e. The summed E-state index contributed by atoms with van der Waals surface area (Å²) in [6.07, 6.45) is 2.07. The fourth-order valence-corrected chi connectivity index (χ4v) is 3.77. The van der Waals surface area contributed by atoms with E-state index in [4.69, 9.17) is 10.7 Å². The van der Waals surface area contributed by atoms with Crippen molar-refractivity contribution in [3.05, 3.63) is 24.0 Å². The van der Waals surface area contributed by atoms with Gasteiger partial charge >= 0.3 is 0 Å². The number of aromatic nitrogens is 2. The summed E-state index contributed by atoms with van der Waals surface area (Å²) in [7, 11) is 0. The van der Waals surface area contributed by atoms with E-state index in [1.54, 1.807) is 0 Å². The molecule has 0 amide bonds. The zero-order chi connectivity index (χ0) is 15.7. The summed E-state index contributed by atoms with van der Waals surface area (Å²) in [4.78, 5) is 13.0. The Balaban J connectivity index is 1.99. The van der Waals surface area contributed by atoms with Gasteiger partial charge in [0.25, 0.3) is 0 Å². The number of hydrogen-bond acceptors (Lipinski definition) is 5. The van der Waals surface area contributed by atoms with Gasteiger partial charge in [-0.3, -0.25) is 0 Å². The van der Waals surface area contributed by atoms with Crippen molar-refractivity contribution < 1.29 is 0 Å². The molecule has 3 rings (SSSR count). The molecule has 0 atom stereocenters. The van der Waals surface area contributed by atoms with Gasteiger partial charge in [-0.05, 0) is 38.0 Å². The molecule has 2 heterocycles. The molecule has 0 bridgehead atoms. The van der Waals surface area contributed by atoms with Gasteiger partial charge in [0.15, 0.2) is 0 Å². The van der Waals surface area contributed by atoms with Crippen LogP contribution in [-0.2, 0) is 0 Å². The third-order valence-corrected chi connectivity index (χ3v) is 4.97.